The SMILES string of the molecule is CC1=CC[C]([Zr+2])=C1C.[I-].[I-]. The Morgan fingerprint density at radius 1 is 1.30 bits per heavy atom. The average Bonchev–Trinajstić information content (AvgIpc) is 1.98. The van der Waals surface area contributed by atoms with Crippen molar-refractivity contribution in [3.8, 4) is 0 Å². The van der Waals surface area contributed by atoms with Gasteiger partial charge in [0.05, 0.1) is 0 Å². The van der Waals surface area contributed by atoms with Gasteiger partial charge in [-0.25, -0.2) is 0 Å². The maximum absolute atomic E-state index is 2.30. The third-order valence-corrected chi connectivity index (χ3v) is 3.08. The molecule has 0 aromatic rings. The molecule has 3 heteroatoms. The Hall–Kier alpha value is 1.82. The van der Waals surface area contributed by atoms with Crippen LogP contribution in [-0.2, 0) is 24.7 Å². The van der Waals surface area contributed by atoms with Crippen LogP contribution in [0.25, 0.3) is 0 Å². The number of allylic oxidation sites excluding steroid dienone is 4. The van der Waals surface area contributed by atoms with Crippen LogP contribution in [0.1, 0.15) is 20.3 Å². The van der Waals surface area contributed by atoms with Crippen LogP contribution in [0.3, 0.4) is 0 Å². The summed E-state index contributed by atoms with van der Waals surface area (Å²) >= 11 is 1.58. The maximum Gasteiger partial charge on any atom is -1.00 e. The fourth-order valence-electron chi connectivity index (χ4n) is 0.799. The monoisotopic (exact) mass is 437 g/mol. The summed E-state index contributed by atoms with van der Waals surface area (Å²) < 4.78 is 1.62. The van der Waals surface area contributed by atoms with Crippen LogP contribution in [0, 0.1) is 0 Å². The molecule has 0 fully saturated rings. The minimum absolute atomic E-state index is 0. The topological polar surface area (TPSA) is 0 Å². The van der Waals surface area contributed by atoms with E-state index in [1.165, 1.54) is 17.6 Å². The summed E-state index contributed by atoms with van der Waals surface area (Å²) in [6, 6.07) is 0. The van der Waals surface area contributed by atoms with Crippen LogP contribution in [0.4, 0.5) is 0 Å². The second kappa shape index (κ2) is 6.35. The summed E-state index contributed by atoms with van der Waals surface area (Å²) in [4.78, 5) is 0. The molecule has 0 unspecified atom stereocenters. The number of rotatable bonds is 0. The molecule has 0 amide bonds. The standard InChI is InChI=1S/C7H9.2HI.Zr/c1-6-4-3-5-7(6)2;;;/h4H,3H2,1-2H3;2*1H;/q;;;+2/p-2. The van der Waals surface area contributed by atoms with Crippen molar-refractivity contribution in [3.05, 3.63) is 20.5 Å². The second-order valence-corrected chi connectivity index (χ2v) is 3.68. The molecule has 1 rings (SSSR count). The van der Waals surface area contributed by atoms with Gasteiger partial charge in [-0.3, -0.25) is 0 Å². The number of hydrogen-bond donors (Lipinski definition) is 0. The van der Waals surface area contributed by atoms with Crippen molar-refractivity contribution in [1.29, 1.82) is 0 Å². The van der Waals surface area contributed by atoms with E-state index in [0.29, 0.717) is 0 Å². The van der Waals surface area contributed by atoms with E-state index in [-0.39, 0.29) is 48.0 Å². The summed E-state index contributed by atoms with van der Waals surface area (Å²) in [5, 5.41) is 0. The van der Waals surface area contributed by atoms with Crippen molar-refractivity contribution < 1.29 is 72.7 Å². The molecule has 0 saturated heterocycles. The maximum atomic E-state index is 2.30. The first-order valence-corrected chi connectivity index (χ1v) is 4.03. The van der Waals surface area contributed by atoms with Crippen molar-refractivity contribution in [2.24, 2.45) is 0 Å². The van der Waals surface area contributed by atoms with Crippen LogP contribution in [-0.4, -0.2) is 0 Å². The molecule has 0 heterocycles. The predicted octanol–water partition coefficient (Wildman–Crippen LogP) is -3.83. The predicted molar refractivity (Wildman–Crippen MR) is 31.1 cm³/mol. The molecular weight excluding hydrogens is 429 g/mol. The van der Waals surface area contributed by atoms with E-state index in [4.69, 9.17) is 0 Å². The van der Waals surface area contributed by atoms with Crippen molar-refractivity contribution in [2.45, 2.75) is 20.3 Å². The first-order chi connectivity index (χ1) is 3.72. The van der Waals surface area contributed by atoms with E-state index in [2.05, 4.69) is 19.9 Å². The molecule has 0 radical (unpaired) electrons. The van der Waals surface area contributed by atoms with Gasteiger partial charge in [-0.1, -0.05) is 0 Å². The first kappa shape index (κ1) is 14.4. The minimum Gasteiger partial charge on any atom is -1.00 e. The van der Waals surface area contributed by atoms with Gasteiger partial charge in [0.15, 0.2) is 0 Å². The van der Waals surface area contributed by atoms with Gasteiger partial charge in [0, 0.05) is 0 Å². The minimum atomic E-state index is 0. The zero-order valence-corrected chi connectivity index (χ0v) is 12.8. The molecular formula is C7H9I2Zr. The van der Waals surface area contributed by atoms with Gasteiger partial charge in [-0.15, -0.1) is 0 Å². The van der Waals surface area contributed by atoms with Gasteiger partial charge in [-0.05, 0) is 0 Å². The van der Waals surface area contributed by atoms with Crippen LogP contribution < -0.4 is 48.0 Å². The first-order valence-electron chi connectivity index (χ1n) is 2.80. The van der Waals surface area contributed by atoms with E-state index in [1.807, 2.05) is 0 Å². The molecule has 0 aromatic heterocycles. The smallest absolute Gasteiger partial charge is 1.00 e. The third kappa shape index (κ3) is 3.48. The van der Waals surface area contributed by atoms with Gasteiger partial charge in [-0.2, -0.15) is 0 Å². The Kier molecular flexibility index (Phi) is 9.12. The summed E-state index contributed by atoms with van der Waals surface area (Å²) in [5.41, 5.74) is 3.01. The Labute approximate surface area is 112 Å². The molecule has 0 bridgehead atoms. The molecule has 0 saturated carbocycles. The van der Waals surface area contributed by atoms with Crippen LogP contribution >= 0.6 is 0 Å². The van der Waals surface area contributed by atoms with E-state index in [9.17, 15) is 0 Å². The Morgan fingerprint density at radius 3 is 1.90 bits per heavy atom. The van der Waals surface area contributed by atoms with E-state index in [1.54, 1.807) is 28.0 Å². The summed E-state index contributed by atoms with van der Waals surface area (Å²) in [6.07, 6.45) is 3.52. The molecule has 1 aliphatic rings. The largest absolute Gasteiger partial charge is 1.00 e. The van der Waals surface area contributed by atoms with Crippen LogP contribution in [0.5, 0.6) is 0 Å². The van der Waals surface area contributed by atoms with Gasteiger partial charge in [0.1, 0.15) is 0 Å². The van der Waals surface area contributed by atoms with Crippen molar-refractivity contribution in [3.63, 3.8) is 0 Å². The molecule has 1 aliphatic carbocycles. The third-order valence-electron chi connectivity index (χ3n) is 1.66. The van der Waals surface area contributed by atoms with Gasteiger partial charge < -0.3 is 48.0 Å². The van der Waals surface area contributed by atoms with Crippen LogP contribution in [0.2, 0.25) is 0 Å². The second-order valence-electron chi connectivity index (χ2n) is 2.19. The van der Waals surface area contributed by atoms with E-state index in [0.717, 1.165) is 0 Å². The van der Waals surface area contributed by atoms with E-state index >= 15 is 0 Å². The summed E-state index contributed by atoms with van der Waals surface area (Å²) in [5.74, 6) is 0. The molecule has 55 valence electrons. The van der Waals surface area contributed by atoms with Crippen molar-refractivity contribution in [1.82, 2.24) is 0 Å². The molecule has 0 nitrogen and oxygen atoms in total. The Morgan fingerprint density at radius 2 is 1.80 bits per heavy atom. The van der Waals surface area contributed by atoms with E-state index < -0.39 is 0 Å². The van der Waals surface area contributed by atoms with Crippen molar-refractivity contribution in [2.75, 3.05) is 0 Å². The summed E-state index contributed by atoms with van der Waals surface area (Å²) in [7, 11) is 0. The zero-order valence-electron chi connectivity index (χ0n) is 6.04. The van der Waals surface area contributed by atoms with Crippen LogP contribution in [0.15, 0.2) is 20.5 Å². The van der Waals surface area contributed by atoms with Gasteiger partial charge in [0.2, 0.25) is 0 Å². The fourth-order valence-corrected chi connectivity index (χ4v) is 1.53. The molecule has 0 atom stereocenters. The Balaban J connectivity index is 0. The molecule has 10 heavy (non-hydrogen) atoms. The van der Waals surface area contributed by atoms with Gasteiger partial charge in [0.25, 0.3) is 0 Å². The van der Waals surface area contributed by atoms with Gasteiger partial charge >= 0.3 is 65.5 Å². The average molecular weight is 438 g/mol. The molecule has 0 aliphatic heterocycles. The fraction of sp³-hybridized carbons (Fsp3) is 0.429. The summed E-state index contributed by atoms with van der Waals surface area (Å²) in [6.45, 7) is 4.40. The number of halogens is 2. The molecule has 0 spiro atoms. The quantitative estimate of drug-likeness (QED) is 0.341. The zero-order chi connectivity index (χ0) is 6.15. The molecule has 0 N–H and O–H groups in total. The normalized spacial score (nSPS) is 15.8. The molecule has 0 aromatic carbocycles. The Bertz CT molecular complexity index is 165. The van der Waals surface area contributed by atoms with Crippen molar-refractivity contribution >= 4 is 0 Å². The number of hydrogen-bond acceptors (Lipinski definition) is 0.